The molecular weight excluding hydrogens is 190 g/mol. The van der Waals surface area contributed by atoms with Crippen LogP contribution in [-0.4, -0.2) is 28.6 Å². The van der Waals surface area contributed by atoms with Crippen LogP contribution < -0.4 is 0 Å². The summed E-state index contributed by atoms with van der Waals surface area (Å²) in [6.07, 6.45) is 3.94. The van der Waals surface area contributed by atoms with Crippen LogP contribution in [0.15, 0.2) is 18.3 Å². The molecule has 2 rings (SSSR count). The molecule has 1 aliphatic heterocycles. The van der Waals surface area contributed by atoms with Crippen LogP contribution in [0.1, 0.15) is 24.4 Å². The van der Waals surface area contributed by atoms with Crippen molar-refractivity contribution in [3.63, 3.8) is 0 Å². The Hall–Kier alpha value is -1.60. The zero-order valence-corrected chi connectivity index (χ0v) is 8.80. The van der Waals surface area contributed by atoms with Gasteiger partial charge in [-0.15, -0.1) is 0 Å². The van der Waals surface area contributed by atoms with Crippen LogP contribution in [0.25, 0.3) is 0 Å². The van der Waals surface area contributed by atoms with Gasteiger partial charge in [0.1, 0.15) is 0 Å². The minimum Gasteiger partial charge on any atom is -0.493 e. The molecule has 1 aromatic rings. The lowest BCUT2D eigenvalue weighted by atomic mass is 10.1. The van der Waals surface area contributed by atoms with Crippen LogP contribution >= 0.6 is 0 Å². The number of nitriles is 1. The Kier molecular flexibility index (Phi) is 4.07. The number of aromatic hydroxyl groups is 1. The zero-order chi connectivity index (χ0) is 11.3. The molecule has 0 saturated carbocycles. The molecule has 1 saturated heterocycles. The molecule has 1 N–H and O–H groups in total. The van der Waals surface area contributed by atoms with Gasteiger partial charge in [-0.1, -0.05) is 6.07 Å². The Bertz CT molecular complexity index is 338. The predicted octanol–water partition coefficient (Wildman–Crippen LogP) is 1.69. The lowest BCUT2D eigenvalue weighted by molar-refractivity contribution is 0.306. The first-order valence-electron chi connectivity index (χ1n) is 4.89. The van der Waals surface area contributed by atoms with E-state index in [-0.39, 0.29) is 5.88 Å². The fourth-order valence-corrected chi connectivity index (χ4v) is 1.97. The van der Waals surface area contributed by atoms with Crippen LogP contribution in [0.3, 0.4) is 0 Å². The van der Waals surface area contributed by atoms with Gasteiger partial charge < -0.3 is 5.11 Å². The second-order valence-corrected chi connectivity index (χ2v) is 3.55. The van der Waals surface area contributed by atoms with Gasteiger partial charge in [0.2, 0.25) is 5.88 Å². The highest BCUT2D eigenvalue weighted by molar-refractivity contribution is 5.28. The Morgan fingerprint density at radius 1 is 1.60 bits per heavy atom. The number of pyridine rings is 1. The summed E-state index contributed by atoms with van der Waals surface area (Å²) in [5, 5.41) is 16.1. The van der Waals surface area contributed by atoms with E-state index >= 15 is 0 Å². The van der Waals surface area contributed by atoms with Gasteiger partial charge in [0.15, 0.2) is 0 Å². The maximum atomic E-state index is 9.55. The van der Waals surface area contributed by atoms with Crippen LogP contribution in [-0.2, 0) is 0 Å². The fourth-order valence-electron chi connectivity index (χ4n) is 1.97. The molecule has 1 aliphatic rings. The van der Waals surface area contributed by atoms with E-state index in [1.165, 1.54) is 6.42 Å². The van der Waals surface area contributed by atoms with Crippen molar-refractivity contribution in [2.24, 2.45) is 0 Å². The third kappa shape index (κ3) is 2.45. The van der Waals surface area contributed by atoms with E-state index in [1.54, 1.807) is 6.20 Å². The van der Waals surface area contributed by atoms with Crippen molar-refractivity contribution < 1.29 is 5.11 Å². The van der Waals surface area contributed by atoms with E-state index in [0.717, 1.165) is 18.5 Å². The molecule has 0 radical (unpaired) electrons. The first-order chi connectivity index (χ1) is 7.29. The van der Waals surface area contributed by atoms with Crippen LogP contribution in [0.5, 0.6) is 5.88 Å². The van der Waals surface area contributed by atoms with E-state index in [2.05, 4.69) is 23.5 Å². The Balaban J connectivity index is 0.000000531. The molecule has 1 fully saturated rings. The van der Waals surface area contributed by atoms with Crippen molar-refractivity contribution in [3.05, 3.63) is 23.9 Å². The average molecular weight is 205 g/mol. The molecule has 0 amide bonds. The lowest BCUT2D eigenvalue weighted by Gasteiger charge is -2.19. The highest BCUT2D eigenvalue weighted by Crippen LogP contribution is 2.33. The van der Waals surface area contributed by atoms with Gasteiger partial charge in [0.25, 0.3) is 0 Å². The molecule has 0 aliphatic carbocycles. The third-order valence-corrected chi connectivity index (χ3v) is 2.70. The van der Waals surface area contributed by atoms with Gasteiger partial charge in [-0.3, -0.25) is 4.90 Å². The summed E-state index contributed by atoms with van der Waals surface area (Å²) in [6, 6.07) is 4.18. The van der Waals surface area contributed by atoms with Crippen molar-refractivity contribution in [2.75, 3.05) is 13.6 Å². The second kappa shape index (κ2) is 5.32. The monoisotopic (exact) mass is 205 g/mol. The topological polar surface area (TPSA) is 60.2 Å². The summed E-state index contributed by atoms with van der Waals surface area (Å²) in [4.78, 5) is 6.15. The van der Waals surface area contributed by atoms with E-state index in [4.69, 9.17) is 5.26 Å². The quantitative estimate of drug-likeness (QED) is 0.758. The zero-order valence-electron chi connectivity index (χ0n) is 8.80. The van der Waals surface area contributed by atoms with E-state index in [0.29, 0.717) is 6.04 Å². The van der Waals surface area contributed by atoms with Crippen molar-refractivity contribution in [1.29, 1.82) is 5.26 Å². The lowest BCUT2D eigenvalue weighted by Crippen LogP contribution is -2.17. The van der Waals surface area contributed by atoms with Crippen molar-refractivity contribution in [1.82, 2.24) is 9.88 Å². The molecule has 0 aromatic carbocycles. The highest BCUT2D eigenvalue weighted by Gasteiger charge is 2.24. The minimum atomic E-state index is 0.182. The van der Waals surface area contributed by atoms with Crippen LogP contribution in [0, 0.1) is 11.8 Å². The standard InChI is InChI=1S/C10H14N2O.CHN/c1-12-7-3-5-9(12)8-4-2-6-11-10(8)13;1-2/h2,4,6,9H,3,5,7H2,1H3,(H,11,13);1H. The molecular formula is C11H15N3O. The maximum Gasteiger partial charge on any atom is 0.215 e. The van der Waals surface area contributed by atoms with Gasteiger partial charge in [0, 0.05) is 24.4 Å². The van der Waals surface area contributed by atoms with Gasteiger partial charge in [-0.2, -0.15) is 0 Å². The van der Waals surface area contributed by atoms with Gasteiger partial charge in [-0.25, -0.2) is 10.2 Å². The van der Waals surface area contributed by atoms with Crippen molar-refractivity contribution in [2.45, 2.75) is 18.9 Å². The number of hydrogen-bond donors (Lipinski definition) is 1. The van der Waals surface area contributed by atoms with Crippen LogP contribution in [0.2, 0.25) is 0 Å². The summed E-state index contributed by atoms with van der Waals surface area (Å²) in [5.74, 6) is 0.182. The van der Waals surface area contributed by atoms with E-state index in [9.17, 15) is 5.11 Å². The predicted molar refractivity (Wildman–Crippen MR) is 57.2 cm³/mol. The summed E-state index contributed by atoms with van der Waals surface area (Å²) in [6.45, 7) is 4.61. The molecule has 80 valence electrons. The van der Waals surface area contributed by atoms with Gasteiger partial charge in [-0.05, 0) is 32.5 Å². The number of nitrogens with zero attached hydrogens (tertiary/aromatic N) is 3. The largest absolute Gasteiger partial charge is 0.493 e. The summed E-state index contributed by atoms with van der Waals surface area (Å²) in [7, 11) is 2.09. The Morgan fingerprint density at radius 3 is 2.87 bits per heavy atom. The smallest absolute Gasteiger partial charge is 0.215 e. The van der Waals surface area contributed by atoms with Crippen molar-refractivity contribution in [3.8, 4) is 12.5 Å². The molecule has 1 atom stereocenters. The van der Waals surface area contributed by atoms with Gasteiger partial charge >= 0.3 is 0 Å². The van der Waals surface area contributed by atoms with Gasteiger partial charge in [0.05, 0.1) is 0 Å². The third-order valence-electron chi connectivity index (χ3n) is 2.70. The summed E-state index contributed by atoms with van der Waals surface area (Å²) < 4.78 is 0. The fraction of sp³-hybridized carbons (Fsp3) is 0.455. The molecule has 1 aromatic heterocycles. The molecule has 4 nitrogen and oxygen atoms in total. The Morgan fingerprint density at radius 2 is 2.33 bits per heavy atom. The van der Waals surface area contributed by atoms with Crippen molar-refractivity contribution >= 4 is 0 Å². The first kappa shape index (κ1) is 11.5. The molecule has 0 bridgehead atoms. The first-order valence-corrected chi connectivity index (χ1v) is 4.89. The van der Waals surface area contributed by atoms with E-state index < -0.39 is 0 Å². The maximum absolute atomic E-state index is 9.55. The normalized spacial score (nSPS) is 20.6. The number of hydrogen-bond acceptors (Lipinski definition) is 4. The molecule has 0 spiro atoms. The number of likely N-dealkylation sites (tertiary alicyclic amines) is 1. The number of aromatic nitrogens is 1. The minimum absolute atomic E-state index is 0.182. The van der Waals surface area contributed by atoms with E-state index in [1.807, 2.05) is 12.1 Å². The summed E-state index contributed by atoms with van der Waals surface area (Å²) >= 11 is 0. The SMILES string of the molecule is C#N.CN1CCCC1c1cccnc1O. The molecule has 1 unspecified atom stereocenters. The van der Waals surface area contributed by atoms with Crippen LogP contribution in [0.4, 0.5) is 0 Å². The Labute approximate surface area is 89.8 Å². The highest BCUT2D eigenvalue weighted by atomic mass is 16.3. The summed E-state index contributed by atoms with van der Waals surface area (Å²) in [5.41, 5.74) is 0.961. The number of rotatable bonds is 1. The average Bonchev–Trinajstić information content (AvgIpc) is 2.68. The second-order valence-electron chi connectivity index (χ2n) is 3.55. The molecule has 15 heavy (non-hydrogen) atoms. The molecule has 4 heteroatoms. The molecule has 2 heterocycles.